The predicted molar refractivity (Wildman–Crippen MR) is 65.5 cm³/mol. The van der Waals surface area contributed by atoms with Crippen molar-refractivity contribution in [1.82, 2.24) is 0 Å². The lowest BCUT2D eigenvalue weighted by atomic mass is 9.84. The van der Waals surface area contributed by atoms with Crippen LogP contribution in [-0.2, 0) is 4.79 Å². The maximum Gasteiger partial charge on any atom is 0.211 e. The van der Waals surface area contributed by atoms with Crippen molar-refractivity contribution in [2.45, 2.75) is 26.2 Å². The molecule has 0 aliphatic carbocycles. The summed E-state index contributed by atoms with van der Waals surface area (Å²) in [6.45, 7) is 3.36. The van der Waals surface area contributed by atoms with Gasteiger partial charge in [-0.15, -0.1) is 0 Å². The van der Waals surface area contributed by atoms with Crippen molar-refractivity contribution >= 4 is 5.78 Å². The van der Waals surface area contributed by atoms with Crippen LogP contribution in [0.3, 0.4) is 0 Å². The molecule has 0 amide bonds. The predicted octanol–water partition coefficient (Wildman–Crippen LogP) is 2.66. The number of carbonyl (C=O) groups is 1. The third-order valence-corrected chi connectivity index (χ3v) is 3.03. The summed E-state index contributed by atoms with van der Waals surface area (Å²) in [5.41, 5.74) is 0.860. The normalized spacial score (nSPS) is 14.0. The van der Waals surface area contributed by atoms with Gasteiger partial charge in [-0.1, -0.05) is 44.2 Å². The highest BCUT2D eigenvalue weighted by molar-refractivity contribution is 5.81. The molecule has 0 radical (unpaired) electrons. The van der Waals surface area contributed by atoms with Gasteiger partial charge in [0.25, 0.3) is 0 Å². The van der Waals surface area contributed by atoms with Crippen molar-refractivity contribution in [1.29, 1.82) is 0 Å². The van der Waals surface area contributed by atoms with Gasteiger partial charge in [0, 0.05) is 17.3 Å². The first kappa shape index (κ1) is 13.4. The van der Waals surface area contributed by atoms with E-state index in [0.717, 1.165) is 5.56 Å². The highest BCUT2D eigenvalue weighted by Crippen LogP contribution is 2.26. The third kappa shape index (κ3) is 3.66. The first-order chi connectivity index (χ1) is 8.06. The molecule has 4 nitrogen and oxygen atoms in total. The van der Waals surface area contributed by atoms with E-state index in [1.165, 1.54) is 0 Å². The Balaban J connectivity index is 2.95. The number of carbonyl (C=O) groups excluding carboxylic acids is 1. The Kier molecular flexibility index (Phi) is 4.82. The van der Waals surface area contributed by atoms with Gasteiger partial charge in [-0.25, -0.2) is 0 Å². The molecule has 1 aromatic rings. The molecule has 2 atom stereocenters. The fourth-order valence-electron chi connectivity index (χ4n) is 1.96. The first-order valence-electron chi connectivity index (χ1n) is 5.75. The summed E-state index contributed by atoms with van der Waals surface area (Å²) < 4.78 is 0. The minimum Gasteiger partial charge on any atom is -0.299 e. The second-order valence-corrected chi connectivity index (χ2v) is 4.14. The lowest BCUT2D eigenvalue weighted by Crippen LogP contribution is -2.25. The Morgan fingerprint density at radius 1 is 1.35 bits per heavy atom. The number of nitrogens with zero attached hydrogens (tertiary/aromatic N) is 1. The van der Waals surface area contributed by atoms with E-state index < -0.39 is 0 Å². The molecule has 1 rings (SSSR count). The lowest BCUT2D eigenvalue weighted by molar-refractivity contribution is -0.484. The van der Waals surface area contributed by atoms with Crippen molar-refractivity contribution in [2.75, 3.05) is 6.54 Å². The number of rotatable bonds is 6. The first-order valence-corrected chi connectivity index (χ1v) is 5.75. The van der Waals surface area contributed by atoms with Crippen molar-refractivity contribution in [3.63, 3.8) is 0 Å². The van der Waals surface area contributed by atoms with Crippen LogP contribution in [0.5, 0.6) is 0 Å². The standard InChI is InChI=1S/C13H17NO3/c1-3-13(15)10(2)12(9-14(16)17)11-7-5-4-6-8-11/h4-8,10,12H,3,9H2,1-2H3. The second kappa shape index (κ2) is 6.13. The molecule has 0 fully saturated rings. The van der Waals surface area contributed by atoms with Crippen LogP contribution in [0.2, 0.25) is 0 Å². The quantitative estimate of drug-likeness (QED) is 0.562. The lowest BCUT2D eigenvalue weighted by Gasteiger charge is -2.19. The summed E-state index contributed by atoms with van der Waals surface area (Å²) in [6, 6.07) is 9.22. The van der Waals surface area contributed by atoms with Crippen LogP contribution in [0.1, 0.15) is 31.7 Å². The smallest absolute Gasteiger partial charge is 0.211 e. The van der Waals surface area contributed by atoms with Crippen molar-refractivity contribution in [2.24, 2.45) is 5.92 Å². The van der Waals surface area contributed by atoms with Crippen LogP contribution < -0.4 is 0 Å². The van der Waals surface area contributed by atoms with Crippen LogP contribution in [0.25, 0.3) is 0 Å². The number of hydrogen-bond acceptors (Lipinski definition) is 3. The van der Waals surface area contributed by atoms with E-state index in [1.807, 2.05) is 30.3 Å². The molecule has 1 aromatic carbocycles. The molecule has 92 valence electrons. The van der Waals surface area contributed by atoms with Gasteiger partial charge in [0.05, 0.1) is 5.92 Å². The number of benzene rings is 1. The van der Waals surface area contributed by atoms with Crippen molar-refractivity contribution < 1.29 is 9.72 Å². The van der Waals surface area contributed by atoms with Crippen LogP contribution >= 0.6 is 0 Å². The Morgan fingerprint density at radius 2 is 1.94 bits per heavy atom. The minimum atomic E-state index is -0.350. The SMILES string of the molecule is CCC(=O)C(C)C(C[N+](=O)[O-])c1ccccc1. The van der Waals surface area contributed by atoms with Crippen LogP contribution in [0.15, 0.2) is 30.3 Å². The molecular formula is C13H17NO3. The zero-order valence-electron chi connectivity index (χ0n) is 10.1. The molecule has 0 aliphatic rings. The fourth-order valence-corrected chi connectivity index (χ4v) is 1.96. The molecule has 0 spiro atoms. The molecule has 0 aliphatic heterocycles. The summed E-state index contributed by atoms with van der Waals surface area (Å²) in [5, 5.41) is 10.7. The van der Waals surface area contributed by atoms with E-state index >= 15 is 0 Å². The molecule has 0 N–H and O–H groups in total. The average Bonchev–Trinajstić information content (AvgIpc) is 2.35. The Bertz CT molecular complexity index is 389. The van der Waals surface area contributed by atoms with E-state index in [4.69, 9.17) is 0 Å². The van der Waals surface area contributed by atoms with E-state index in [9.17, 15) is 14.9 Å². The molecule has 2 unspecified atom stereocenters. The molecule has 0 aromatic heterocycles. The third-order valence-electron chi connectivity index (χ3n) is 3.03. The largest absolute Gasteiger partial charge is 0.299 e. The topological polar surface area (TPSA) is 60.2 Å². The molecule has 0 saturated heterocycles. The van der Waals surface area contributed by atoms with Gasteiger partial charge in [-0.05, 0) is 5.56 Å². The molecule has 4 heteroatoms. The maximum absolute atomic E-state index is 11.7. The van der Waals surface area contributed by atoms with Crippen molar-refractivity contribution in [3.05, 3.63) is 46.0 Å². The van der Waals surface area contributed by atoms with Crippen LogP contribution in [0, 0.1) is 16.0 Å². The Labute approximate surface area is 101 Å². The van der Waals surface area contributed by atoms with Gasteiger partial charge >= 0.3 is 0 Å². The Hall–Kier alpha value is -1.71. The van der Waals surface area contributed by atoms with Gasteiger partial charge in [-0.2, -0.15) is 0 Å². The fraction of sp³-hybridized carbons (Fsp3) is 0.462. The average molecular weight is 235 g/mol. The molecule has 17 heavy (non-hydrogen) atoms. The monoisotopic (exact) mass is 235 g/mol. The number of Topliss-reactive ketones (excluding diaryl/α,β-unsaturated/α-hetero) is 1. The van der Waals surface area contributed by atoms with Crippen LogP contribution in [0.4, 0.5) is 0 Å². The number of hydrogen-bond donors (Lipinski definition) is 0. The summed E-state index contributed by atoms with van der Waals surface area (Å²) >= 11 is 0. The van der Waals surface area contributed by atoms with E-state index in [-0.39, 0.29) is 29.1 Å². The van der Waals surface area contributed by atoms with E-state index in [0.29, 0.717) is 6.42 Å². The zero-order chi connectivity index (χ0) is 12.8. The van der Waals surface area contributed by atoms with Crippen molar-refractivity contribution in [3.8, 4) is 0 Å². The maximum atomic E-state index is 11.7. The van der Waals surface area contributed by atoms with Gasteiger partial charge in [0.1, 0.15) is 5.78 Å². The summed E-state index contributed by atoms with van der Waals surface area (Å²) in [4.78, 5) is 22.0. The highest BCUT2D eigenvalue weighted by Gasteiger charge is 2.28. The van der Waals surface area contributed by atoms with E-state index in [2.05, 4.69) is 0 Å². The molecular weight excluding hydrogens is 218 g/mol. The molecule has 0 heterocycles. The summed E-state index contributed by atoms with van der Waals surface area (Å²) in [5.74, 6) is -0.577. The van der Waals surface area contributed by atoms with Gasteiger partial charge in [-0.3, -0.25) is 14.9 Å². The van der Waals surface area contributed by atoms with Gasteiger partial charge in [0.2, 0.25) is 6.54 Å². The molecule has 0 bridgehead atoms. The summed E-state index contributed by atoms with van der Waals surface area (Å²) in [6.07, 6.45) is 0.419. The Morgan fingerprint density at radius 3 is 2.41 bits per heavy atom. The van der Waals surface area contributed by atoms with Crippen LogP contribution in [-0.4, -0.2) is 17.3 Å². The zero-order valence-corrected chi connectivity index (χ0v) is 10.1. The highest BCUT2D eigenvalue weighted by atomic mass is 16.6. The van der Waals surface area contributed by atoms with E-state index in [1.54, 1.807) is 13.8 Å². The summed E-state index contributed by atoms with van der Waals surface area (Å²) in [7, 11) is 0. The minimum absolute atomic E-state index is 0.0701. The van der Waals surface area contributed by atoms with Gasteiger partial charge < -0.3 is 0 Å². The molecule has 0 saturated carbocycles. The number of ketones is 1. The second-order valence-electron chi connectivity index (χ2n) is 4.14. The number of nitro groups is 1. The van der Waals surface area contributed by atoms with Gasteiger partial charge in [0.15, 0.2) is 0 Å².